The summed E-state index contributed by atoms with van der Waals surface area (Å²) in [7, 11) is 0. The highest BCUT2D eigenvalue weighted by atomic mass is 16.5. The number of carbonyl (C=O) groups is 3. The Labute approximate surface area is 123 Å². The third kappa shape index (κ3) is 6.12. The Balaban J connectivity index is 5.14. The van der Waals surface area contributed by atoms with Gasteiger partial charge in [0.15, 0.2) is 5.60 Å². The van der Waals surface area contributed by atoms with Gasteiger partial charge in [0, 0.05) is 0 Å². The normalized spacial score (nSPS) is 15.0. The second-order valence-corrected chi connectivity index (χ2v) is 4.95. The highest BCUT2D eigenvalue weighted by Crippen LogP contribution is 2.29. The van der Waals surface area contributed by atoms with Crippen LogP contribution in [0.4, 0.5) is 0 Å². The lowest BCUT2D eigenvalue weighted by Crippen LogP contribution is -2.51. The van der Waals surface area contributed by atoms with E-state index in [-0.39, 0.29) is 13.0 Å². The van der Waals surface area contributed by atoms with Gasteiger partial charge in [-0.1, -0.05) is 32.6 Å². The average molecular weight is 304 g/mol. The van der Waals surface area contributed by atoms with E-state index >= 15 is 0 Å². The monoisotopic (exact) mass is 304 g/mol. The lowest BCUT2D eigenvalue weighted by molar-refractivity contribution is -0.181. The van der Waals surface area contributed by atoms with Crippen LogP contribution in [0, 0.1) is 5.92 Å². The molecule has 0 fully saturated rings. The molecule has 2 atom stereocenters. The number of carboxylic acid groups (broad SMARTS) is 2. The number of carboxylic acids is 2. The molecule has 0 aromatic carbocycles. The van der Waals surface area contributed by atoms with Crippen molar-refractivity contribution in [2.75, 3.05) is 6.61 Å². The summed E-state index contributed by atoms with van der Waals surface area (Å²) in [6.07, 6.45) is 2.21. The zero-order valence-electron chi connectivity index (χ0n) is 12.5. The van der Waals surface area contributed by atoms with Gasteiger partial charge in [-0.2, -0.15) is 0 Å². The van der Waals surface area contributed by atoms with Crippen LogP contribution in [-0.4, -0.2) is 45.4 Å². The van der Waals surface area contributed by atoms with E-state index in [1.807, 2.05) is 6.92 Å². The van der Waals surface area contributed by atoms with Crippen LogP contribution in [0.5, 0.6) is 0 Å². The molecule has 0 amide bonds. The number of carbonyl (C=O) groups excluding carboxylic acids is 1. The maximum absolute atomic E-state index is 11.9. The summed E-state index contributed by atoms with van der Waals surface area (Å²) in [5, 5.41) is 28.1. The number of unbranched alkanes of at least 4 members (excludes halogenated alkanes) is 3. The predicted octanol–water partition coefficient (Wildman–Crippen LogP) is 1.43. The predicted molar refractivity (Wildman–Crippen MR) is 73.7 cm³/mol. The van der Waals surface area contributed by atoms with Crippen LogP contribution in [0.1, 0.15) is 52.4 Å². The van der Waals surface area contributed by atoms with Gasteiger partial charge in [0.1, 0.15) is 0 Å². The summed E-state index contributed by atoms with van der Waals surface area (Å²) >= 11 is 0. The average Bonchev–Trinajstić information content (AvgIpc) is 2.37. The Morgan fingerprint density at radius 1 is 1.10 bits per heavy atom. The molecule has 0 aliphatic rings. The molecule has 0 saturated heterocycles. The molecule has 0 aromatic heterocycles. The molecule has 0 aromatic rings. The third-order valence-corrected chi connectivity index (χ3v) is 3.29. The van der Waals surface area contributed by atoms with Crippen LogP contribution in [-0.2, 0) is 19.1 Å². The van der Waals surface area contributed by atoms with Gasteiger partial charge in [-0.25, -0.2) is 4.79 Å². The minimum atomic E-state index is -2.65. The SMILES string of the molecule is CCCCCCC(C(=O)OCC)C(O)(CC(=O)O)C(=O)O. The quantitative estimate of drug-likeness (QED) is 0.390. The second kappa shape index (κ2) is 9.33. The number of ether oxygens (including phenoxy) is 1. The number of rotatable bonds is 11. The summed E-state index contributed by atoms with van der Waals surface area (Å²) in [5.74, 6) is -5.47. The van der Waals surface area contributed by atoms with Gasteiger partial charge in [-0.3, -0.25) is 9.59 Å². The zero-order chi connectivity index (χ0) is 16.5. The number of hydrogen-bond acceptors (Lipinski definition) is 5. The van der Waals surface area contributed by atoms with Crippen molar-refractivity contribution in [2.45, 2.75) is 58.0 Å². The van der Waals surface area contributed by atoms with E-state index in [1.54, 1.807) is 6.92 Å². The molecule has 7 heteroatoms. The highest BCUT2D eigenvalue weighted by molar-refractivity contribution is 5.90. The smallest absolute Gasteiger partial charge is 0.337 e. The van der Waals surface area contributed by atoms with Crippen molar-refractivity contribution in [3.05, 3.63) is 0 Å². The first-order valence-electron chi connectivity index (χ1n) is 7.13. The first-order valence-corrected chi connectivity index (χ1v) is 7.13. The van der Waals surface area contributed by atoms with Crippen molar-refractivity contribution >= 4 is 17.9 Å². The van der Waals surface area contributed by atoms with Crippen molar-refractivity contribution < 1.29 is 34.4 Å². The van der Waals surface area contributed by atoms with E-state index in [4.69, 9.17) is 14.9 Å². The summed E-state index contributed by atoms with van der Waals surface area (Å²) in [6.45, 7) is 3.59. The molecule has 2 unspecified atom stereocenters. The molecule has 0 aliphatic carbocycles. The van der Waals surface area contributed by atoms with Crippen molar-refractivity contribution in [3.63, 3.8) is 0 Å². The van der Waals surface area contributed by atoms with E-state index in [2.05, 4.69) is 0 Å². The van der Waals surface area contributed by atoms with Crippen molar-refractivity contribution in [3.8, 4) is 0 Å². The fourth-order valence-electron chi connectivity index (χ4n) is 2.15. The Hall–Kier alpha value is -1.63. The van der Waals surface area contributed by atoms with Crippen LogP contribution in [0.25, 0.3) is 0 Å². The summed E-state index contributed by atoms with van der Waals surface area (Å²) in [4.78, 5) is 34.0. The Kier molecular flexibility index (Phi) is 8.61. The zero-order valence-corrected chi connectivity index (χ0v) is 12.5. The first-order chi connectivity index (χ1) is 9.79. The van der Waals surface area contributed by atoms with E-state index in [9.17, 15) is 19.5 Å². The maximum atomic E-state index is 11.9. The summed E-state index contributed by atoms with van der Waals surface area (Å²) < 4.78 is 4.78. The molecule has 7 nitrogen and oxygen atoms in total. The Morgan fingerprint density at radius 2 is 1.71 bits per heavy atom. The van der Waals surface area contributed by atoms with Crippen LogP contribution in [0.15, 0.2) is 0 Å². The molecule has 0 spiro atoms. The molecular formula is C14H24O7. The van der Waals surface area contributed by atoms with Crippen LogP contribution >= 0.6 is 0 Å². The molecule has 0 heterocycles. The van der Waals surface area contributed by atoms with Crippen LogP contribution < -0.4 is 0 Å². The van der Waals surface area contributed by atoms with E-state index in [1.165, 1.54) is 0 Å². The standard InChI is InChI=1S/C14H24O7/c1-3-5-6-7-8-10(12(17)21-4-2)14(20,13(18)19)9-11(15)16/h10,20H,3-9H2,1-2H3,(H,15,16)(H,18,19). The van der Waals surface area contributed by atoms with Gasteiger partial charge in [-0.15, -0.1) is 0 Å². The van der Waals surface area contributed by atoms with Gasteiger partial charge < -0.3 is 20.1 Å². The number of aliphatic hydroxyl groups is 1. The minimum absolute atomic E-state index is 0.0348. The second-order valence-electron chi connectivity index (χ2n) is 4.95. The summed E-state index contributed by atoms with van der Waals surface area (Å²) in [6, 6.07) is 0. The Bertz CT molecular complexity index is 366. The molecular weight excluding hydrogens is 280 g/mol. The van der Waals surface area contributed by atoms with Crippen molar-refractivity contribution in [2.24, 2.45) is 5.92 Å². The number of aliphatic carboxylic acids is 2. The molecule has 0 radical (unpaired) electrons. The highest BCUT2D eigenvalue weighted by Gasteiger charge is 2.50. The molecule has 122 valence electrons. The fourth-order valence-corrected chi connectivity index (χ4v) is 2.15. The van der Waals surface area contributed by atoms with Crippen LogP contribution in [0.2, 0.25) is 0 Å². The maximum Gasteiger partial charge on any atom is 0.337 e. The van der Waals surface area contributed by atoms with E-state index < -0.39 is 35.8 Å². The Morgan fingerprint density at radius 3 is 2.14 bits per heavy atom. The number of hydrogen-bond donors (Lipinski definition) is 3. The first kappa shape index (κ1) is 19.4. The lowest BCUT2D eigenvalue weighted by Gasteiger charge is -2.29. The van der Waals surface area contributed by atoms with Crippen LogP contribution in [0.3, 0.4) is 0 Å². The third-order valence-electron chi connectivity index (χ3n) is 3.29. The van der Waals surface area contributed by atoms with E-state index in [0.29, 0.717) is 6.42 Å². The number of esters is 1. The van der Waals surface area contributed by atoms with Gasteiger partial charge in [0.2, 0.25) is 0 Å². The van der Waals surface area contributed by atoms with Gasteiger partial charge in [0.05, 0.1) is 18.9 Å². The summed E-state index contributed by atoms with van der Waals surface area (Å²) in [5.41, 5.74) is -2.65. The van der Waals surface area contributed by atoms with Crippen molar-refractivity contribution in [1.29, 1.82) is 0 Å². The largest absolute Gasteiger partial charge is 0.481 e. The fraction of sp³-hybridized carbons (Fsp3) is 0.786. The molecule has 3 N–H and O–H groups in total. The molecule has 21 heavy (non-hydrogen) atoms. The van der Waals surface area contributed by atoms with E-state index in [0.717, 1.165) is 19.3 Å². The molecule has 0 rings (SSSR count). The molecule has 0 bridgehead atoms. The minimum Gasteiger partial charge on any atom is -0.481 e. The van der Waals surface area contributed by atoms with Gasteiger partial charge in [0.25, 0.3) is 0 Å². The van der Waals surface area contributed by atoms with Crippen molar-refractivity contribution in [1.82, 2.24) is 0 Å². The topological polar surface area (TPSA) is 121 Å². The van der Waals surface area contributed by atoms with Gasteiger partial charge in [-0.05, 0) is 13.3 Å². The molecule has 0 saturated carbocycles. The molecule has 0 aliphatic heterocycles. The van der Waals surface area contributed by atoms with Gasteiger partial charge >= 0.3 is 17.9 Å². The lowest BCUT2D eigenvalue weighted by atomic mass is 9.81.